The summed E-state index contributed by atoms with van der Waals surface area (Å²) in [4.78, 5) is 27.2. The highest BCUT2D eigenvalue weighted by molar-refractivity contribution is 5.92. The van der Waals surface area contributed by atoms with Gasteiger partial charge in [0.15, 0.2) is 0 Å². The average molecular weight is 577 g/mol. The van der Waals surface area contributed by atoms with Crippen molar-refractivity contribution in [2.75, 3.05) is 13.2 Å². The van der Waals surface area contributed by atoms with E-state index in [1.165, 1.54) is 5.56 Å². The highest BCUT2D eigenvalue weighted by Gasteiger charge is 2.53. The normalized spacial score (nSPS) is 17.3. The fourth-order valence-corrected chi connectivity index (χ4v) is 7.45. The molecule has 2 aromatic rings. The third kappa shape index (κ3) is 8.26. The maximum absolute atomic E-state index is 14.3. The molecule has 2 aromatic carbocycles. The highest BCUT2D eigenvalue weighted by Crippen LogP contribution is 2.57. The van der Waals surface area contributed by atoms with Gasteiger partial charge in [0, 0.05) is 23.3 Å². The van der Waals surface area contributed by atoms with Crippen LogP contribution in [0.5, 0.6) is 11.5 Å². The number of carbonyl (C=O) groups is 2. The summed E-state index contributed by atoms with van der Waals surface area (Å²) >= 11 is 0. The van der Waals surface area contributed by atoms with Gasteiger partial charge in [-0.05, 0) is 98.8 Å². The number of rotatable bonds is 16. The zero-order valence-electron chi connectivity index (χ0n) is 28.1. The Hall–Kier alpha value is -2.62. The second kappa shape index (κ2) is 13.8. The maximum atomic E-state index is 14.3. The number of hydrogen-bond donors (Lipinski definition) is 0. The standard InChI is InChI=1S/C38H56O4/c1-11-41-33-20-30(21-34(42-12-2)35(33)26(3)4)27(5)31(18-19-36(7,8)22-29-16-14-13-15-17-29)32(40)23-38(28(6)39)24-37(9,10)25-38/h13-17,20-21,26-27,31H,11-12,18-19,22-25H2,1-10H3/t27-,31?/m1/s1. The summed E-state index contributed by atoms with van der Waals surface area (Å²) in [5.74, 6) is 2.06. The highest BCUT2D eigenvalue weighted by atomic mass is 16.5. The maximum Gasteiger partial charge on any atom is 0.137 e. The first-order valence-corrected chi connectivity index (χ1v) is 16.1. The first kappa shape index (κ1) is 33.9. The molecule has 2 atom stereocenters. The molecule has 4 nitrogen and oxygen atoms in total. The van der Waals surface area contributed by atoms with Crippen LogP contribution in [0.3, 0.4) is 0 Å². The molecule has 0 heterocycles. The Morgan fingerprint density at radius 3 is 1.93 bits per heavy atom. The predicted molar refractivity (Wildman–Crippen MR) is 174 cm³/mol. The van der Waals surface area contributed by atoms with Crippen molar-refractivity contribution in [1.29, 1.82) is 0 Å². The summed E-state index contributed by atoms with van der Waals surface area (Å²) < 4.78 is 12.3. The SMILES string of the molecule is CCOc1cc([C@@H](C)C(CCC(C)(C)Cc2ccccc2)C(=O)CC2(C(C)=O)CC(C)(C)C2)cc(OCC)c1C(C)C. The van der Waals surface area contributed by atoms with Gasteiger partial charge >= 0.3 is 0 Å². The van der Waals surface area contributed by atoms with E-state index < -0.39 is 5.41 Å². The third-order valence-corrected chi connectivity index (χ3v) is 9.40. The van der Waals surface area contributed by atoms with Crippen LogP contribution in [-0.2, 0) is 16.0 Å². The van der Waals surface area contributed by atoms with E-state index in [1.807, 2.05) is 13.8 Å². The summed E-state index contributed by atoms with van der Waals surface area (Å²) in [5.41, 5.74) is 3.08. The van der Waals surface area contributed by atoms with Crippen LogP contribution in [0.4, 0.5) is 0 Å². The predicted octanol–water partition coefficient (Wildman–Crippen LogP) is 9.73. The average Bonchev–Trinajstić information content (AvgIpc) is 2.87. The summed E-state index contributed by atoms with van der Waals surface area (Å²) in [5, 5.41) is 0. The van der Waals surface area contributed by atoms with Crippen molar-refractivity contribution in [2.45, 2.75) is 120 Å². The summed E-state index contributed by atoms with van der Waals surface area (Å²) in [6.45, 7) is 22.3. The van der Waals surface area contributed by atoms with Gasteiger partial charge < -0.3 is 9.47 Å². The molecule has 0 bridgehead atoms. The summed E-state index contributed by atoms with van der Waals surface area (Å²) in [7, 11) is 0. The van der Waals surface area contributed by atoms with Gasteiger partial charge in [-0.3, -0.25) is 9.59 Å². The Morgan fingerprint density at radius 2 is 1.48 bits per heavy atom. The van der Waals surface area contributed by atoms with Gasteiger partial charge in [0.1, 0.15) is 23.1 Å². The van der Waals surface area contributed by atoms with E-state index in [9.17, 15) is 9.59 Å². The van der Waals surface area contributed by atoms with Gasteiger partial charge in [0.2, 0.25) is 0 Å². The van der Waals surface area contributed by atoms with E-state index in [1.54, 1.807) is 6.92 Å². The van der Waals surface area contributed by atoms with E-state index in [0.717, 1.165) is 54.7 Å². The molecule has 1 unspecified atom stereocenters. The quantitative estimate of drug-likeness (QED) is 0.200. The molecule has 0 aliphatic heterocycles. The van der Waals surface area contributed by atoms with Crippen molar-refractivity contribution >= 4 is 11.6 Å². The molecule has 1 saturated carbocycles. The molecule has 0 spiro atoms. The second-order valence-electron chi connectivity index (χ2n) is 14.7. The molecule has 0 saturated heterocycles. The van der Waals surface area contributed by atoms with Gasteiger partial charge in [-0.25, -0.2) is 0 Å². The lowest BCUT2D eigenvalue weighted by Crippen LogP contribution is -2.49. The molecule has 4 heteroatoms. The van der Waals surface area contributed by atoms with Crippen LogP contribution in [-0.4, -0.2) is 24.8 Å². The van der Waals surface area contributed by atoms with Crippen LogP contribution in [0, 0.1) is 22.2 Å². The van der Waals surface area contributed by atoms with Crippen LogP contribution in [0.2, 0.25) is 0 Å². The van der Waals surface area contributed by atoms with Crippen molar-refractivity contribution in [3.05, 3.63) is 59.2 Å². The molecule has 1 aliphatic carbocycles. The van der Waals surface area contributed by atoms with Gasteiger partial charge in [-0.15, -0.1) is 0 Å². The van der Waals surface area contributed by atoms with Gasteiger partial charge in [-0.1, -0.05) is 78.8 Å². The topological polar surface area (TPSA) is 52.6 Å². The molecule has 1 fully saturated rings. The Bertz CT molecular complexity index is 1170. The zero-order valence-corrected chi connectivity index (χ0v) is 28.1. The number of ketones is 2. The third-order valence-electron chi connectivity index (χ3n) is 9.40. The van der Waals surface area contributed by atoms with Crippen molar-refractivity contribution in [3.8, 4) is 11.5 Å². The minimum atomic E-state index is -0.521. The molecule has 0 aromatic heterocycles. The minimum absolute atomic E-state index is 0.0325. The molecule has 42 heavy (non-hydrogen) atoms. The van der Waals surface area contributed by atoms with Crippen molar-refractivity contribution in [1.82, 2.24) is 0 Å². The largest absolute Gasteiger partial charge is 0.493 e. The fraction of sp³-hybridized carbons (Fsp3) is 0.632. The van der Waals surface area contributed by atoms with Crippen LogP contribution in [0.1, 0.15) is 130 Å². The van der Waals surface area contributed by atoms with Gasteiger partial charge in [0.25, 0.3) is 0 Å². The minimum Gasteiger partial charge on any atom is -0.493 e. The molecular weight excluding hydrogens is 520 g/mol. The fourth-order valence-electron chi connectivity index (χ4n) is 7.45. The molecule has 0 amide bonds. The van der Waals surface area contributed by atoms with Crippen LogP contribution in [0.25, 0.3) is 0 Å². The first-order valence-electron chi connectivity index (χ1n) is 16.1. The van der Waals surface area contributed by atoms with Crippen molar-refractivity contribution in [2.24, 2.45) is 22.2 Å². The Kier molecular flexibility index (Phi) is 11.1. The summed E-state index contributed by atoms with van der Waals surface area (Å²) in [6.07, 6.45) is 4.56. The lowest BCUT2D eigenvalue weighted by Gasteiger charge is -2.52. The lowest BCUT2D eigenvalue weighted by molar-refractivity contribution is -0.147. The van der Waals surface area contributed by atoms with Crippen molar-refractivity contribution in [3.63, 3.8) is 0 Å². The first-order chi connectivity index (χ1) is 19.6. The Morgan fingerprint density at radius 1 is 0.929 bits per heavy atom. The lowest BCUT2D eigenvalue weighted by atomic mass is 9.50. The molecule has 1 aliphatic rings. The van der Waals surface area contributed by atoms with Gasteiger partial charge in [-0.2, -0.15) is 0 Å². The number of hydrogen-bond acceptors (Lipinski definition) is 4. The smallest absolute Gasteiger partial charge is 0.137 e. The van der Waals surface area contributed by atoms with Crippen LogP contribution >= 0.6 is 0 Å². The monoisotopic (exact) mass is 576 g/mol. The Balaban J connectivity index is 1.98. The zero-order chi connectivity index (χ0) is 31.3. The molecule has 0 radical (unpaired) electrons. The molecule has 232 valence electrons. The van der Waals surface area contributed by atoms with Gasteiger partial charge in [0.05, 0.1) is 13.2 Å². The molecule has 0 N–H and O–H groups in total. The van der Waals surface area contributed by atoms with E-state index in [4.69, 9.17) is 9.47 Å². The molecular formula is C38H56O4. The number of Topliss-reactive ketones (excluding diaryl/α,β-unsaturated/α-hetero) is 2. The molecule has 3 rings (SSSR count). The van der Waals surface area contributed by atoms with Crippen molar-refractivity contribution < 1.29 is 19.1 Å². The number of carbonyl (C=O) groups excluding carboxylic acids is 2. The summed E-state index contributed by atoms with van der Waals surface area (Å²) in [6, 6.07) is 14.9. The number of benzene rings is 2. The van der Waals surface area contributed by atoms with E-state index in [-0.39, 0.29) is 40.2 Å². The Labute approximate surface area is 256 Å². The van der Waals surface area contributed by atoms with E-state index in [2.05, 4.69) is 90.9 Å². The van der Waals surface area contributed by atoms with E-state index >= 15 is 0 Å². The number of ether oxygens (including phenoxy) is 2. The second-order valence-corrected chi connectivity index (χ2v) is 14.7. The van der Waals surface area contributed by atoms with Crippen LogP contribution in [0.15, 0.2) is 42.5 Å². The van der Waals surface area contributed by atoms with Crippen LogP contribution < -0.4 is 9.47 Å². The van der Waals surface area contributed by atoms with E-state index in [0.29, 0.717) is 19.6 Å².